The van der Waals surface area contributed by atoms with Gasteiger partial charge in [0.25, 0.3) is 0 Å². The Bertz CT molecular complexity index is 3130. The minimum atomic E-state index is -0.114. The third-order valence-electron chi connectivity index (χ3n) is 12.6. The quantitative estimate of drug-likeness (QED) is 0.156. The Morgan fingerprint density at radius 2 is 0.817 bits per heavy atom. The van der Waals surface area contributed by atoms with Gasteiger partial charge >= 0.3 is 0 Å². The lowest BCUT2D eigenvalue weighted by Crippen LogP contribution is -2.15. The number of benzene rings is 10. The van der Waals surface area contributed by atoms with Gasteiger partial charge in [-0.2, -0.15) is 0 Å². The summed E-state index contributed by atoms with van der Waals surface area (Å²) in [4.78, 5) is 2.42. The fourth-order valence-electron chi connectivity index (χ4n) is 9.72. The molecule has 0 bridgehead atoms. The van der Waals surface area contributed by atoms with Crippen LogP contribution < -0.4 is 4.90 Å². The number of fused-ring (bicyclic) bond motifs is 6. The zero-order chi connectivity index (χ0) is 40.2. The average Bonchev–Trinajstić information content (AvgIpc) is 3.56. The van der Waals surface area contributed by atoms with Gasteiger partial charge in [0.1, 0.15) is 0 Å². The summed E-state index contributed by atoms with van der Waals surface area (Å²) in [6.07, 6.45) is 0. The van der Waals surface area contributed by atoms with Crippen molar-refractivity contribution in [2.24, 2.45) is 0 Å². The van der Waals surface area contributed by atoms with Gasteiger partial charge in [-0.3, -0.25) is 0 Å². The predicted octanol–water partition coefficient (Wildman–Crippen LogP) is 16.4. The largest absolute Gasteiger partial charge is 0.310 e. The lowest BCUT2D eigenvalue weighted by Gasteiger charge is -2.27. The molecule has 0 saturated heterocycles. The molecule has 0 fully saturated rings. The molecular formula is C59H43N. The Morgan fingerprint density at radius 1 is 0.317 bits per heavy atom. The maximum Gasteiger partial charge on any atom is 0.0473 e. The van der Waals surface area contributed by atoms with Crippen LogP contribution in [0.25, 0.3) is 77.2 Å². The Kier molecular flexibility index (Phi) is 8.57. The normalized spacial score (nSPS) is 12.6. The van der Waals surface area contributed by atoms with E-state index in [-0.39, 0.29) is 5.41 Å². The zero-order valence-corrected chi connectivity index (χ0v) is 33.8. The lowest BCUT2D eigenvalue weighted by atomic mass is 9.79. The van der Waals surface area contributed by atoms with Crippen molar-refractivity contribution in [1.82, 2.24) is 0 Å². The fraction of sp³-hybridized carbons (Fsp3) is 0.0508. The summed E-state index contributed by atoms with van der Waals surface area (Å²) in [6, 6.07) is 82.3. The smallest absolute Gasteiger partial charge is 0.0473 e. The maximum absolute atomic E-state index is 2.42. The minimum absolute atomic E-state index is 0.114. The van der Waals surface area contributed by atoms with Crippen molar-refractivity contribution in [1.29, 1.82) is 0 Å². The molecule has 60 heavy (non-hydrogen) atoms. The van der Waals surface area contributed by atoms with Gasteiger partial charge in [0.15, 0.2) is 0 Å². The first-order valence-electron chi connectivity index (χ1n) is 20.9. The second-order valence-electron chi connectivity index (χ2n) is 16.5. The van der Waals surface area contributed by atoms with Gasteiger partial charge in [-0.15, -0.1) is 0 Å². The molecule has 1 heteroatoms. The SMILES string of the molecule is CC1(C)c2ccccc2-c2c(-c3ccc(N(c4ccc(-c5cccc6ccccc56)cc4)c4cc(-c5ccccc5)cc(-c5ccccc5)c4)cc3)cc3ccccc3c21. The van der Waals surface area contributed by atoms with E-state index in [0.29, 0.717) is 0 Å². The van der Waals surface area contributed by atoms with Crippen molar-refractivity contribution in [2.75, 3.05) is 4.90 Å². The van der Waals surface area contributed by atoms with Crippen molar-refractivity contribution < 1.29 is 0 Å². The summed E-state index contributed by atoms with van der Waals surface area (Å²) >= 11 is 0. The minimum Gasteiger partial charge on any atom is -0.310 e. The molecule has 0 unspecified atom stereocenters. The number of anilines is 3. The van der Waals surface area contributed by atoms with Gasteiger partial charge < -0.3 is 4.90 Å². The van der Waals surface area contributed by atoms with Crippen molar-refractivity contribution >= 4 is 38.6 Å². The van der Waals surface area contributed by atoms with E-state index in [2.05, 4.69) is 243 Å². The van der Waals surface area contributed by atoms with Crippen LogP contribution in [0.4, 0.5) is 17.1 Å². The van der Waals surface area contributed by atoms with E-state index < -0.39 is 0 Å². The Labute approximate surface area is 352 Å². The molecule has 1 aliphatic carbocycles. The summed E-state index contributed by atoms with van der Waals surface area (Å²) in [6.45, 7) is 4.77. The molecule has 0 amide bonds. The molecule has 284 valence electrons. The van der Waals surface area contributed by atoms with Crippen molar-refractivity contribution in [3.8, 4) is 55.6 Å². The molecule has 0 radical (unpaired) electrons. The summed E-state index contributed by atoms with van der Waals surface area (Å²) < 4.78 is 0. The number of hydrogen-bond acceptors (Lipinski definition) is 1. The molecule has 0 N–H and O–H groups in total. The standard InChI is InChI=1S/C59H43N/c1-59(2)56-27-14-13-25-54(56)57-55(39-45-21-10-12-24-53(45)58(57)59)44-30-34-49(35-31-44)60(48-32-28-43(29-33-48)52-26-15-22-42-20-9-11-23-51(42)52)50-37-46(40-16-5-3-6-17-40)36-47(38-50)41-18-7-4-8-19-41/h3-39H,1-2H3. The third kappa shape index (κ3) is 6.01. The molecule has 0 spiro atoms. The summed E-state index contributed by atoms with van der Waals surface area (Å²) in [5.41, 5.74) is 18.3. The molecule has 0 heterocycles. The monoisotopic (exact) mass is 765 g/mol. The van der Waals surface area contributed by atoms with Gasteiger partial charge in [-0.05, 0) is 137 Å². The summed E-state index contributed by atoms with van der Waals surface area (Å²) in [7, 11) is 0. The first-order valence-corrected chi connectivity index (χ1v) is 20.9. The lowest BCUT2D eigenvalue weighted by molar-refractivity contribution is 0.666. The molecule has 10 aromatic carbocycles. The van der Waals surface area contributed by atoms with Crippen LogP contribution in [0.5, 0.6) is 0 Å². The van der Waals surface area contributed by atoms with Crippen LogP contribution in [0, 0.1) is 0 Å². The predicted molar refractivity (Wildman–Crippen MR) is 255 cm³/mol. The summed E-state index contributed by atoms with van der Waals surface area (Å²) in [5, 5.41) is 5.11. The highest BCUT2D eigenvalue weighted by molar-refractivity contribution is 6.05. The second kappa shape index (κ2) is 14.4. The topological polar surface area (TPSA) is 3.24 Å². The van der Waals surface area contributed by atoms with Crippen LogP contribution in [0.3, 0.4) is 0 Å². The first-order chi connectivity index (χ1) is 29.5. The van der Waals surface area contributed by atoms with Gasteiger partial charge in [0.2, 0.25) is 0 Å². The van der Waals surface area contributed by atoms with Gasteiger partial charge in [-0.1, -0.05) is 190 Å². The van der Waals surface area contributed by atoms with Crippen LogP contribution in [0.15, 0.2) is 224 Å². The van der Waals surface area contributed by atoms with Gasteiger partial charge in [0, 0.05) is 22.5 Å². The average molecular weight is 766 g/mol. The molecule has 0 atom stereocenters. The second-order valence-corrected chi connectivity index (χ2v) is 16.5. The van der Waals surface area contributed by atoms with Crippen molar-refractivity contribution in [3.63, 3.8) is 0 Å². The fourth-order valence-corrected chi connectivity index (χ4v) is 9.72. The molecule has 0 aliphatic heterocycles. The highest BCUT2D eigenvalue weighted by Gasteiger charge is 2.38. The van der Waals surface area contributed by atoms with E-state index in [1.54, 1.807) is 0 Å². The molecule has 1 aliphatic rings. The van der Waals surface area contributed by atoms with E-state index >= 15 is 0 Å². The zero-order valence-electron chi connectivity index (χ0n) is 33.8. The number of hydrogen-bond donors (Lipinski definition) is 0. The Morgan fingerprint density at radius 3 is 1.47 bits per heavy atom. The molecule has 11 rings (SSSR count). The summed E-state index contributed by atoms with van der Waals surface area (Å²) in [5.74, 6) is 0. The van der Waals surface area contributed by atoms with Crippen LogP contribution in [-0.4, -0.2) is 0 Å². The van der Waals surface area contributed by atoms with Crippen LogP contribution in [0.1, 0.15) is 25.0 Å². The highest BCUT2D eigenvalue weighted by Crippen LogP contribution is 2.55. The molecule has 0 saturated carbocycles. The highest BCUT2D eigenvalue weighted by atomic mass is 15.1. The van der Waals surface area contributed by atoms with Crippen molar-refractivity contribution in [2.45, 2.75) is 19.3 Å². The van der Waals surface area contributed by atoms with Gasteiger partial charge in [0.05, 0.1) is 0 Å². The number of rotatable bonds is 7. The molecular weight excluding hydrogens is 723 g/mol. The Balaban J connectivity index is 1.09. The molecule has 10 aromatic rings. The van der Waals surface area contributed by atoms with Crippen molar-refractivity contribution in [3.05, 3.63) is 236 Å². The van der Waals surface area contributed by atoms with Crippen LogP contribution >= 0.6 is 0 Å². The Hall–Kier alpha value is -7.48. The molecule has 1 nitrogen and oxygen atoms in total. The van der Waals surface area contributed by atoms with Gasteiger partial charge in [-0.25, -0.2) is 0 Å². The third-order valence-corrected chi connectivity index (χ3v) is 12.6. The maximum atomic E-state index is 2.42. The number of nitrogens with zero attached hydrogens (tertiary/aromatic N) is 1. The van der Waals surface area contributed by atoms with E-state index in [0.717, 1.165) is 17.1 Å². The van der Waals surface area contributed by atoms with E-state index in [1.165, 1.54) is 88.3 Å². The van der Waals surface area contributed by atoms with Crippen LogP contribution in [0.2, 0.25) is 0 Å². The van der Waals surface area contributed by atoms with Crippen LogP contribution in [-0.2, 0) is 5.41 Å². The molecule has 0 aromatic heterocycles. The first kappa shape index (κ1) is 35.7. The van der Waals surface area contributed by atoms with E-state index in [9.17, 15) is 0 Å². The van der Waals surface area contributed by atoms with E-state index in [4.69, 9.17) is 0 Å². The van der Waals surface area contributed by atoms with E-state index in [1.807, 2.05) is 0 Å².